The van der Waals surface area contributed by atoms with Gasteiger partial charge in [0.05, 0.1) is 13.2 Å². The molecule has 0 fully saturated rings. The van der Waals surface area contributed by atoms with Crippen LogP contribution in [0.15, 0.2) is 48.5 Å². The molecule has 1 aromatic heterocycles. The highest BCUT2D eigenvalue weighted by molar-refractivity contribution is 5.55. The SMILES string of the molecule is COc1ccc(C(N)c2nc(-c3cccc(C)c3)n[nH]2)cc1. The van der Waals surface area contributed by atoms with Crippen LogP contribution in [0.1, 0.15) is 23.0 Å². The molecule has 0 saturated carbocycles. The summed E-state index contributed by atoms with van der Waals surface area (Å²) in [5.74, 6) is 2.10. The number of hydrogen-bond acceptors (Lipinski definition) is 4. The van der Waals surface area contributed by atoms with Crippen LogP contribution < -0.4 is 10.5 Å². The lowest BCUT2D eigenvalue weighted by atomic mass is 10.1. The van der Waals surface area contributed by atoms with Crippen molar-refractivity contribution in [3.8, 4) is 17.1 Å². The van der Waals surface area contributed by atoms with Gasteiger partial charge in [0.2, 0.25) is 0 Å². The Balaban J connectivity index is 1.86. The molecule has 22 heavy (non-hydrogen) atoms. The van der Waals surface area contributed by atoms with Crippen LogP contribution >= 0.6 is 0 Å². The van der Waals surface area contributed by atoms with E-state index in [1.807, 2.05) is 55.5 Å². The topological polar surface area (TPSA) is 76.8 Å². The molecule has 0 radical (unpaired) electrons. The highest BCUT2D eigenvalue weighted by atomic mass is 16.5. The third kappa shape index (κ3) is 2.84. The maximum Gasteiger partial charge on any atom is 0.181 e. The van der Waals surface area contributed by atoms with E-state index >= 15 is 0 Å². The summed E-state index contributed by atoms with van der Waals surface area (Å²) in [6, 6.07) is 15.3. The van der Waals surface area contributed by atoms with E-state index in [1.165, 1.54) is 5.56 Å². The molecule has 5 heteroatoms. The highest BCUT2D eigenvalue weighted by Gasteiger charge is 2.15. The summed E-state index contributed by atoms with van der Waals surface area (Å²) in [7, 11) is 1.64. The molecule has 1 heterocycles. The summed E-state index contributed by atoms with van der Waals surface area (Å²) in [6.45, 7) is 2.04. The van der Waals surface area contributed by atoms with Gasteiger partial charge in [-0.05, 0) is 30.7 Å². The molecule has 0 aliphatic heterocycles. The molecule has 112 valence electrons. The predicted octanol–water partition coefficient (Wildman–Crippen LogP) is 2.84. The molecule has 2 aromatic carbocycles. The highest BCUT2D eigenvalue weighted by Crippen LogP contribution is 2.22. The van der Waals surface area contributed by atoms with Crippen molar-refractivity contribution in [2.75, 3.05) is 7.11 Å². The van der Waals surface area contributed by atoms with Crippen molar-refractivity contribution < 1.29 is 4.74 Å². The molecule has 1 atom stereocenters. The molecule has 1 unspecified atom stereocenters. The lowest BCUT2D eigenvalue weighted by molar-refractivity contribution is 0.414. The molecular weight excluding hydrogens is 276 g/mol. The van der Waals surface area contributed by atoms with Crippen molar-refractivity contribution in [2.24, 2.45) is 5.73 Å². The summed E-state index contributed by atoms with van der Waals surface area (Å²) in [5.41, 5.74) is 9.35. The average molecular weight is 294 g/mol. The second-order valence-electron chi connectivity index (χ2n) is 5.16. The molecule has 3 aromatic rings. The first-order valence-electron chi connectivity index (χ1n) is 7.06. The average Bonchev–Trinajstić information content (AvgIpc) is 3.04. The Morgan fingerprint density at radius 3 is 2.59 bits per heavy atom. The van der Waals surface area contributed by atoms with Crippen molar-refractivity contribution >= 4 is 0 Å². The summed E-state index contributed by atoms with van der Waals surface area (Å²) in [4.78, 5) is 4.52. The molecule has 0 amide bonds. The summed E-state index contributed by atoms with van der Waals surface area (Å²) >= 11 is 0. The largest absolute Gasteiger partial charge is 0.497 e. The fourth-order valence-electron chi connectivity index (χ4n) is 2.30. The monoisotopic (exact) mass is 294 g/mol. The van der Waals surface area contributed by atoms with E-state index < -0.39 is 0 Å². The van der Waals surface area contributed by atoms with E-state index in [-0.39, 0.29) is 6.04 Å². The number of aromatic nitrogens is 3. The summed E-state index contributed by atoms with van der Waals surface area (Å²) < 4.78 is 5.15. The van der Waals surface area contributed by atoms with Crippen molar-refractivity contribution in [1.82, 2.24) is 15.2 Å². The van der Waals surface area contributed by atoms with Gasteiger partial charge in [-0.3, -0.25) is 5.10 Å². The first-order chi connectivity index (χ1) is 10.7. The molecule has 3 rings (SSSR count). The third-order valence-electron chi connectivity index (χ3n) is 3.55. The number of nitrogens with one attached hydrogen (secondary N) is 1. The fraction of sp³-hybridized carbons (Fsp3) is 0.176. The maximum absolute atomic E-state index is 6.25. The van der Waals surface area contributed by atoms with Crippen LogP contribution in [0.5, 0.6) is 5.75 Å². The molecule has 0 saturated heterocycles. The van der Waals surface area contributed by atoms with Crippen LogP contribution in [0.2, 0.25) is 0 Å². The number of benzene rings is 2. The van der Waals surface area contributed by atoms with Crippen LogP contribution in [-0.4, -0.2) is 22.3 Å². The number of rotatable bonds is 4. The van der Waals surface area contributed by atoms with Crippen molar-refractivity contribution in [3.05, 3.63) is 65.5 Å². The smallest absolute Gasteiger partial charge is 0.181 e. The standard InChI is InChI=1S/C17H18N4O/c1-11-4-3-5-13(10-11)16-19-17(21-20-16)15(18)12-6-8-14(22-2)9-7-12/h3-10,15H,18H2,1-2H3,(H,19,20,21). The predicted molar refractivity (Wildman–Crippen MR) is 85.6 cm³/mol. The van der Waals surface area contributed by atoms with Gasteiger partial charge in [-0.2, -0.15) is 5.10 Å². The van der Waals surface area contributed by atoms with Crippen LogP contribution in [0.3, 0.4) is 0 Å². The molecular formula is C17H18N4O. The number of methoxy groups -OCH3 is 1. The number of ether oxygens (including phenoxy) is 1. The van der Waals surface area contributed by atoms with E-state index in [0.29, 0.717) is 11.6 Å². The van der Waals surface area contributed by atoms with Crippen LogP contribution in [0, 0.1) is 6.92 Å². The van der Waals surface area contributed by atoms with Crippen molar-refractivity contribution in [2.45, 2.75) is 13.0 Å². The first-order valence-corrected chi connectivity index (χ1v) is 7.06. The van der Waals surface area contributed by atoms with E-state index in [9.17, 15) is 0 Å². The van der Waals surface area contributed by atoms with E-state index in [4.69, 9.17) is 10.5 Å². The number of nitrogens with two attached hydrogens (primary N) is 1. The number of aryl methyl sites for hydroxylation is 1. The number of aromatic amines is 1. The van der Waals surface area contributed by atoms with Crippen molar-refractivity contribution in [3.63, 3.8) is 0 Å². The molecule has 0 bridgehead atoms. The fourth-order valence-corrected chi connectivity index (χ4v) is 2.30. The zero-order chi connectivity index (χ0) is 15.5. The van der Waals surface area contributed by atoms with Gasteiger partial charge in [-0.25, -0.2) is 4.98 Å². The minimum absolute atomic E-state index is 0.350. The quantitative estimate of drug-likeness (QED) is 0.775. The van der Waals surface area contributed by atoms with Gasteiger partial charge in [-0.15, -0.1) is 0 Å². The maximum atomic E-state index is 6.25. The third-order valence-corrected chi connectivity index (χ3v) is 3.55. The van der Waals surface area contributed by atoms with Crippen LogP contribution in [-0.2, 0) is 0 Å². The summed E-state index contributed by atoms with van der Waals surface area (Å²) in [6.07, 6.45) is 0. The molecule has 5 nitrogen and oxygen atoms in total. The molecule has 0 aliphatic carbocycles. The Morgan fingerprint density at radius 1 is 1.14 bits per heavy atom. The van der Waals surface area contributed by atoms with Gasteiger partial charge in [0, 0.05) is 5.56 Å². The van der Waals surface area contributed by atoms with Gasteiger partial charge >= 0.3 is 0 Å². The van der Waals surface area contributed by atoms with E-state index in [2.05, 4.69) is 15.2 Å². The lowest BCUT2D eigenvalue weighted by Gasteiger charge is -2.09. The number of H-pyrrole nitrogens is 1. The first kappa shape index (κ1) is 14.3. The zero-order valence-corrected chi connectivity index (χ0v) is 12.6. The van der Waals surface area contributed by atoms with Crippen molar-refractivity contribution in [1.29, 1.82) is 0 Å². The van der Waals surface area contributed by atoms with E-state index in [1.54, 1.807) is 7.11 Å². The van der Waals surface area contributed by atoms with Gasteiger partial charge in [-0.1, -0.05) is 35.9 Å². The minimum Gasteiger partial charge on any atom is -0.497 e. The summed E-state index contributed by atoms with van der Waals surface area (Å²) in [5, 5.41) is 7.20. The minimum atomic E-state index is -0.350. The van der Waals surface area contributed by atoms with Gasteiger partial charge in [0.15, 0.2) is 5.82 Å². The molecule has 3 N–H and O–H groups in total. The van der Waals surface area contributed by atoms with Gasteiger partial charge in [0.1, 0.15) is 11.6 Å². The molecule has 0 spiro atoms. The Morgan fingerprint density at radius 2 is 1.91 bits per heavy atom. The zero-order valence-electron chi connectivity index (χ0n) is 12.6. The Hall–Kier alpha value is -2.66. The Labute approximate surface area is 129 Å². The lowest BCUT2D eigenvalue weighted by Crippen LogP contribution is -2.13. The van der Waals surface area contributed by atoms with Crippen LogP contribution in [0.25, 0.3) is 11.4 Å². The Bertz CT molecular complexity index is 764. The number of hydrogen-bond donors (Lipinski definition) is 2. The second-order valence-corrected chi connectivity index (χ2v) is 5.16. The van der Waals surface area contributed by atoms with Gasteiger partial charge < -0.3 is 10.5 Å². The Kier molecular flexibility index (Phi) is 3.89. The molecule has 0 aliphatic rings. The van der Waals surface area contributed by atoms with Crippen LogP contribution in [0.4, 0.5) is 0 Å². The van der Waals surface area contributed by atoms with E-state index in [0.717, 1.165) is 16.9 Å². The second kappa shape index (κ2) is 5.99. The van der Waals surface area contributed by atoms with Gasteiger partial charge in [0.25, 0.3) is 0 Å². The normalized spacial score (nSPS) is 12.1. The number of nitrogens with zero attached hydrogens (tertiary/aromatic N) is 2.